The van der Waals surface area contributed by atoms with Gasteiger partial charge >= 0.3 is 7.60 Å². The van der Waals surface area contributed by atoms with E-state index in [1.165, 1.54) is 76.2 Å². The Balaban J connectivity index is 1.08. The molecule has 10 nitrogen and oxygen atoms in total. The van der Waals surface area contributed by atoms with Gasteiger partial charge in [0, 0.05) is 19.6 Å². The van der Waals surface area contributed by atoms with Gasteiger partial charge in [0.2, 0.25) is 0 Å². The van der Waals surface area contributed by atoms with Gasteiger partial charge in [0.15, 0.2) is 11.5 Å². The molecule has 2 aromatic heterocycles. The summed E-state index contributed by atoms with van der Waals surface area (Å²) in [6.45, 7) is 6.03. The van der Waals surface area contributed by atoms with Crippen molar-refractivity contribution in [3.8, 4) is 11.5 Å². The van der Waals surface area contributed by atoms with Crippen molar-refractivity contribution in [1.82, 2.24) is 19.5 Å². The fraction of sp³-hybridized carbons (Fsp3) is 0.759. The smallest absolute Gasteiger partial charge is 0.353 e. The summed E-state index contributed by atoms with van der Waals surface area (Å²) in [5.41, 5.74) is 10.5. The SMILES string of the molecule is C[C@H](Cn1cnc2c(N)ncnc21)OCP(=O)(O)OCCCOCCCCCCCCCCCC#C[Si]1(C)CCC1. The molecule has 1 unspecified atom stereocenters. The summed E-state index contributed by atoms with van der Waals surface area (Å²) in [6, 6.07) is 2.85. The van der Waals surface area contributed by atoms with Gasteiger partial charge in [0.1, 0.15) is 26.3 Å². The van der Waals surface area contributed by atoms with E-state index in [4.69, 9.17) is 19.7 Å². The van der Waals surface area contributed by atoms with E-state index < -0.39 is 15.7 Å². The molecule has 1 fully saturated rings. The van der Waals surface area contributed by atoms with Crippen molar-refractivity contribution in [2.75, 3.05) is 31.9 Å². The number of fused-ring (bicyclic) bond motifs is 1. The summed E-state index contributed by atoms with van der Waals surface area (Å²) in [4.78, 5) is 22.4. The molecule has 0 radical (unpaired) electrons. The Labute approximate surface area is 246 Å². The standard InChI is InChI=1S/C29H50N5O5PSi/c1-26(22-34-24-33-27-28(30)31-23-32-29(27)34)38-25-40(35,36)39-18-14-17-37-16-12-10-8-6-4-3-5-7-9-11-13-19-41(2)20-15-21-41/h23-24,26H,3-12,14-18,20-22,25H2,1-2H3,(H,35,36)(H2,30,31,32)/t26-/m1/s1. The number of anilines is 1. The Bertz CT molecular complexity index is 1150. The van der Waals surface area contributed by atoms with E-state index in [0.29, 0.717) is 36.6 Å². The third kappa shape index (κ3) is 12.9. The fourth-order valence-electron chi connectivity index (χ4n) is 4.85. The molecular formula is C29H50N5O5PSi. The Morgan fingerprint density at radius 2 is 1.71 bits per heavy atom. The number of nitrogens with zero attached hydrogens (tertiary/aromatic N) is 4. The van der Waals surface area contributed by atoms with E-state index in [2.05, 4.69) is 33.0 Å². The molecule has 1 saturated heterocycles. The molecule has 2 atom stereocenters. The molecular weight excluding hydrogens is 557 g/mol. The van der Waals surface area contributed by atoms with Crippen LogP contribution in [0.3, 0.4) is 0 Å². The lowest BCUT2D eigenvalue weighted by molar-refractivity contribution is 0.0688. The lowest BCUT2D eigenvalue weighted by Gasteiger charge is -2.30. The normalized spacial score (nSPS) is 16.6. The van der Waals surface area contributed by atoms with Crippen molar-refractivity contribution in [3.05, 3.63) is 12.7 Å². The van der Waals surface area contributed by atoms with Gasteiger partial charge in [0.25, 0.3) is 0 Å². The number of ether oxygens (including phenoxy) is 2. The van der Waals surface area contributed by atoms with Crippen LogP contribution in [-0.2, 0) is 25.1 Å². The molecule has 1 aliphatic rings. The summed E-state index contributed by atoms with van der Waals surface area (Å²) < 4.78 is 30.5. The van der Waals surface area contributed by atoms with Crippen LogP contribution in [0.25, 0.3) is 11.2 Å². The monoisotopic (exact) mass is 607 g/mol. The van der Waals surface area contributed by atoms with Gasteiger partial charge in [0.05, 0.1) is 25.6 Å². The zero-order valence-corrected chi connectivity index (χ0v) is 27.0. The van der Waals surface area contributed by atoms with Crippen LogP contribution in [0.4, 0.5) is 5.82 Å². The van der Waals surface area contributed by atoms with Gasteiger partial charge in [-0.25, -0.2) is 15.0 Å². The van der Waals surface area contributed by atoms with Crippen molar-refractivity contribution in [3.63, 3.8) is 0 Å². The van der Waals surface area contributed by atoms with Crippen LogP contribution in [0.2, 0.25) is 18.6 Å². The average molecular weight is 608 g/mol. The predicted octanol–water partition coefficient (Wildman–Crippen LogP) is 6.31. The van der Waals surface area contributed by atoms with Gasteiger partial charge < -0.3 is 29.2 Å². The topological polar surface area (TPSA) is 135 Å². The number of hydrogen-bond donors (Lipinski definition) is 2. The first kappa shape index (κ1) is 33.7. The van der Waals surface area contributed by atoms with Crippen LogP contribution in [0.5, 0.6) is 0 Å². The number of imidazole rings is 1. The second kappa shape index (κ2) is 18.0. The summed E-state index contributed by atoms with van der Waals surface area (Å²) in [5, 5.41) is 0. The summed E-state index contributed by atoms with van der Waals surface area (Å²) in [6.07, 6.45) is 16.7. The molecule has 12 heteroatoms. The minimum Gasteiger partial charge on any atom is -0.382 e. The molecule has 0 saturated carbocycles. The van der Waals surface area contributed by atoms with Gasteiger partial charge in [-0.1, -0.05) is 57.9 Å². The molecule has 0 aliphatic carbocycles. The maximum Gasteiger partial charge on any atom is 0.353 e. The molecule has 2 aromatic rings. The average Bonchev–Trinajstić information content (AvgIpc) is 3.34. The zero-order chi connectivity index (χ0) is 29.4. The maximum absolute atomic E-state index is 12.3. The number of nitrogen functional groups attached to an aromatic ring is 1. The molecule has 0 bridgehead atoms. The van der Waals surface area contributed by atoms with Gasteiger partial charge in [-0.2, -0.15) is 0 Å². The lowest BCUT2D eigenvalue weighted by atomic mass is 10.1. The molecule has 230 valence electrons. The van der Waals surface area contributed by atoms with Gasteiger partial charge in [-0.3, -0.25) is 4.57 Å². The van der Waals surface area contributed by atoms with E-state index in [0.717, 1.165) is 19.4 Å². The third-order valence-corrected chi connectivity index (χ3v) is 12.3. The first-order chi connectivity index (χ1) is 19.8. The Morgan fingerprint density at radius 1 is 1.02 bits per heavy atom. The van der Waals surface area contributed by atoms with Crippen molar-refractivity contribution in [2.24, 2.45) is 0 Å². The highest BCUT2D eigenvalue weighted by Crippen LogP contribution is 2.42. The highest BCUT2D eigenvalue weighted by Gasteiger charge is 2.32. The number of rotatable bonds is 21. The minimum absolute atomic E-state index is 0.154. The predicted molar refractivity (Wildman–Crippen MR) is 166 cm³/mol. The van der Waals surface area contributed by atoms with Crippen LogP contribution in [0.15, 0.2) is 12.7 Å². The van der Waals surface area contributed by atoms with E-state index in [1.807, 2.05) is 0 Å². The number of nitrogens with two attached hydrogens (primary N) is 1. The van der Waals surface area contributed by atoms with Crippen molar-refractivity contribution in [1.29, 1.82) is 0 Å². The van der Waals surface area contributed by atoms with E-state index >= 15 is 0 Å². The second-order valence-corrected chi connectivity index (χ2v) is 17.7. The summed E-state index contributed by atoms with van der Waals surface area (Å²) in [7, 11) is -4.88. The molecule has 0 amide bonds. The molecule has 0 aromatic carbocycles. The van der Waals surface area contributed by atoms with Gasteiger partial charge in [-0.15, -0.1) is 11.5 Å². The fourth-order valence-corrected chi connectivity index (χ4v) is 8.00. The van der Waals surface area contributed by atoms with Crippen LogP contribution in [0, 0.1) is 11.5 Å². The van der Waals surface area contributed by atoms with Crippen molar-refractivity contribution in [2.45, 2.75) is 115 Å². The molecule has 3 rings (SSSR count). The Hall–Kier alpha value is -1.80. The largest absolute Gasteiger partial charge is 0.382 e. The molecule has 3 heterocycles. The van der Waals surface area contributed by atoms with Crippen LogP contribution < -0.4 is 5.73 Å². The number of unbranched alkanes of at least 4 members (excludes halogenated alkanes) is 9. The molecule has 0 spiro atoms. The highest BCUT2D eigenvalue weighted by atomic mass is 31.2. The zero-order valence-electron chi connectivity index (χ0n) is 25.1. The van der Waals surface area contributed by atoms with Gasteiger partial charge in [-0.05, 0) is 38.3 Å². The third-order valence-electron chi connectivity index (χ3n) is 7.57. The van der Waals surface area contributed by atoms with Crippen LogP contribution >= 0.6 is 7.60 Å². The van der Waals surface area contributed by atoms with E-state index in [-0.39, 0.29) is 19.1 Å². The Kier molecular flexibility index (Phi) is 14.8. The first-order valence-corrected chi connectivity index (χ1v) is 20.0. The van der Waals surface area contributed by atoms with Crippen molar-refractivity contribution < 1.29 is 23.5 Å². The quantitative estimate of drug-likeness (QED) is 0.0725. The molecule has 41 heavy (non-hydrogen) atoms. The van der Waals surface area contributed by atoms with Crippen LogP contribution in [-0.4, -0.2) is 64.8 Å². The Morgan fingerprint density at radius 3 is 2.41 bits per heavy atom. The maximum atomic E-state index is 12.3. The minimum atomic E-state index is -3.84. The first-order valence-electron chi connectivity index (χ1n) is 15.4. The summed E-state index contributed by atoms with van der Waals surface area (Å²) >= 11 is 0. The number of hydrogen-bond acceptors (Lipinski definition) is 8. The molecule has 3 N–H and O–H groups in total. The molecule has 1 aliphatic heterocycles. The number of aromatic nitrogens is 4. The van der Waals surface area contributed by atoms with Crippen molar-refractivity contribution >= 4 is 32.7 Å². The van der Waals surface area contributed by atoms with E-state index in [9.17, 15) is 9.46 Å². The second-order valence-electron chi connectivity index (χ2n) is 11.5. The summed E-state index contributed by atoms with van der Waals surface area (Å²) in [5.74, 6) is 3.77. The van der Waals surface area contributed by atoms with Crippen LogP contribution in [0.1, 0.15) is 84.0 Å². The highest BCUT2D eigenvalue weighted by molar-refractivity contribution is 7.52. The van der Waals surface area contributed by atoms with E-state index in [1.54, 1.807) is 17.8 Å². The lowest BCUT2D eigenvalue weighted by Crippen LogP contribution is -2.36.